The van der Waals surface area contributed by atoms with E-state index < -0.39 is 0 Å². The van der Waals surface area contributed by atoms with Crippen molar-refractivity contribution in [2.75, 3.05) is 11.6 Å². The molecule has 1 saturated carbocycles. The topological polar surface area (TPSA) is 41.9 Å². The minimum atomic E-state index is -0.279. The standard InChI is InChI=1S/C21H22N2O2/c1-15-12-17(15)14-25-21(24)19-13-20(16-8-4-2-5-9-16)23(22-19)18-10-6-3-7-11-18/h2-11,15,17,20H,12-14H2,1H3. The van der Waals surface area contributed by atoms with Gasteiger partial charge in [0.25, 0.3) is 0 Å². The van der Waals surface area contributed by atoms with Gasteiger partial charge in [0.1, 0.15) is 5.71 Å². The number of carbonyl (C=O) groups is 1. The lowest BCUT2D eigenvalue weighted by atomic mass is 10.0. The largest absolute Gasteiger partial charge is 0.461 e. The lowest BCUT2D eigenvalue weighted by Gasteiger charge is -2.23. The van der Waals surface area contributed by atoms with Crippen molar-refractivity contribution < 1.29 is 9.53 Å². The van der Waals surface area contributed by atoms with Crippen LogP contribution in [-0.2, 0) is 9.53 Å². The third-order valence-electron chi connectivity index (χ3n) is 5.06. The monoisotopic (exact) mass is 334 g/mol. The number of benzene rings is 2. The van der Waals surface area contributed by atoms with E-state index in [0.717, 1.165) is 17.7 Å². The number of hydrazone groups is 1. The molecule has 0 amide bonds. The lowest BCUT2D eigenvalue weighted by molar-refractivity contribution is -0.136. The van der Waals surface area contributed by atoms with Crippen molar-refractivity contribution in [2.24, 2.45) is 16.9 Å². The molecule has 1 heterocycles. The van der Waals surface area contributed by atoms with Gasteiger partial charge in [-0.2, -0.15) is 5.10 Å². The van der Waals surface area contributed by atoms with E-state index in [-0.39, 0.29) is 12.0 Å². The van der Waals surface area contributed by atoms with E-state index in [1.807, 2.05) is 53.5 Å². The van der Waals surface area contributed by atoms with Crippen molar-refractivity contribution in [2.45, 2.75) is 25.8 Å². The van der Waals surface area contributed by atoms with E-state index in [9.17, 15) is 4.79 Å². The quantitative estimate of drug-likeness (QED) is 0.770. The fraction of sp³-hybridized carbons (Fsp3) is 0.333. The maximum Gasteiger partial charge on any atom is 0.354 e. The summed E-state index contributed by atoms with van der Waals surface area (Å²) < 4.78 is 5.49. The van der Waals surface area contributed by atoms with Crippen molar-refractivity contribution in [1.29, 1.82) is 0 Å². The second kappa shape index (κ2) is 6.71. The van der Waals surface area contributed by atoms with E-state index in [1.165, 1.54) is 0 Å². The first-order chi connectivity index (χ1) is 12.2. The van der Waals surface area contributed by atoms with Gasteiger partial charge in [0.05, 0.1) is 18.3 Å². The Balaban J connectivity index is 1.55. The summed E-state index contributed by atoms with van der Waals surface area (Å²) in [7, 11) is 0. The Morgan fingerprint density at radius 3 is 2.40 bits per heavy atom. The first-order valence-electron chi connectivity index (χ1n) is 8.86. The minimum Gasteiger partial charge on any atom is -0.461 e. The van der Waals surface area contributed by atoms with E-state index in [0.29, 0.717) is 30.6 Å². The summed E-state index contributed by atoms with van der Waals surface area (Å²) in [6, 6.07) is 20.2. The molecule has 3 unspecified atom stereocenters. The van der Waals surface area contributed by atoms with Gasteiger partial charge in [-0.05, 0) is 36.0 Å². The molecule has 1 aliphatic heterocycles. The van der Waals surface area contributed by atoms with Gasteiger partial charge in [-0.15, -0.1) is 0 Å². The van der Waals surface area contributed by atoms with E-state index >= 15 is 0 Å². The van der Waals surface area contributed by atoms with Crippen LogP contribution >= 0.6 is 0 Å². The summed E-state index contributed by atoms with van der Waals surface area (Å²) in [6.45, 7) is 2.70. The van der Waals surface area contributed by atoms with Crippen LogP contribution in [0.3, 0.4) is 0 Å². The highest BCUT2D eigenvalue weighted by Crippen LogP contribution is 2.38. The average molecular weight is 334 g/mol. The number of hydrogen-bond acceptors (Lipinski definition) is 4. The molecule has 25 heavy (non-hydrogen) atoms. The molecule has 2 aromatic rings. The molecule has 0 N–H and O–H groups in total. The summed E-state index contributed by atoms with van der Waals surface area (Å²) in [5, 5.41) is 6.55. The van der Waals surface area contributed by atoms with Gasteiger partial charge < -0.3 is 4.74 Å². The zero-order chi connectivity index (χ0) is 17.2. The van der Waals surface area contributed by atoms with E-state index in [1.54, 1.807) is 0 Å². The van der Waals surface area contributed by atoms with Crippen molar-refractivity contribution in [3.05, 3.63) is 66.2 Å². The van der Waals surface area contributed by atoms with Gasteiger partial charge in [0.15, 0.2) is 0 Å². The average Bonchev–Trinajstić information content (AvgIpc) is 3.19. The maximum absolute atomic E-state index is 12.5. The molecule has 2 aromatic carbocycles. The molecule has 3 atom stereocenters. The fourth-order valence-electron chi connectivity index (χ4n) is 3.28. The van der Waals surface area contributed by atoms with Gasteiger partial charge in [0.2, 0.25) is 0 Å². The van der Waals surface area contributed by atoms with Crippen LogP contribution in [0.5, 0.6) is 0 Å². The molecule has 1 fully saturated rings. The van der Waals surface area contributed by atoms with Crippen LogP contribution in [0.15, 0.2) is 65.8 Å². The van der Waals surface area contributed by atoms with Crippen molar-refractivity contribution >= 4 is 17.4 Å². The highest BCUT2D eigenvalue weighted by molar-refractivity contribution is 6.37. The second-order valence-corrected chi connectivity index (χ2v) is 6.93. The summed E-state index contributed by atoms with van der Waals surface area (Å²) in [5.74, 6) is 0.927. The molecule has 4 nitrogen and oxygen atoms in total. The molecule has 4 rings (SSSR count). The summed E-state index contributed by atoms with van der Waals surface area (Å²) in [5.41, 5.74) is 2.63. The molecule has 4 heteroatoms. The lowest BCUT2D eigenvalue weighted by Crippen LogP contribution is -2.19. The smallest absolute Gasteiger partial charge is 0.354 e. The zero-order valence-corrected chi connectivity index (χ0v) is 14.3. The third-order valence-corrected chi connectivity index (χ3v) is 5.06. The van der Waals surface area contributed by atoms with Gasteiger partial charge in [-0.3, -0.25) is 5.01 Å². The Morgan fingerprint density at radius 1 is 1.12 bits per heavy atom. The third kappa shape index (κ3) is 3.43. The Bertz CT molecular complexity index is 773. The predicted octanol–water partition coefficient (Wildman–Crippen LogP) is 4.19. The molecule has 1 aliphatic carbocycles. The molecule has 0 radical (unpaired) electrons. The van der Waals surface area contributed by atoms with Crippen LogP contribution in [0.4, 0.5) is 5.69 Å². The summed E-state index contributed by atoms with van der Waals surface area (Å²) >= 11 is 0. The molecular weight excluding hydrogens is 312 g/mol. The normalized spacial score (nSPS) is 24.8. The molecular formula is C21H22N2O2. The number of carbonyl (C=O) groups excluding carboxylic acids is 1. The molecule has 2 aliphatic rings. The first-order valence-corrected chi connectivity index (χ1v) is 8.86. The summed E-state index contributed by atoms with van der Waals surface area (Å²) in [6.07, 6.45) is 1.72. The van der Waals surface area contributed by atoms with Gasteiger partial charge in [-0.1, -0.05) is 55.5 Å². The van der Waals surface area contributed by atoms with E-state index in [2.05, 4.69) is 24.2 Å². The van der Waals surface area contributed by atoms with Gasteiger partial charge in [0, 0.05) is 6.42 Å². The van der Waals surface area contributed by atoms with Crippen molar-refractivity contribution in [3.8, 4) is 0 Å². The number of anilines is 1. The minimum absolute atomic E-state index is 0.0194. The summed E-state index contributed by atoms with van der Waals surface area (Å²) in [4.78, 5) is 12.5. The Morgan fingerprint density at radius 2 is 1.76 bits per heavy atom. The van der Waals surface area contributed by atoms with Crippen LogP contribution in [0.2, 0.25) is 0 Å². The van der Waals surface area contributed by atoms with Gasteiger partial charge >= 0.3 is 5.97 Å². The first kappa shape index (κ1) is 15.9. The number of para-hydroxylation sites is 1. The van der Waals surface area contributed by atoms with Crippen LogP contribution in [0.25, 0.3) is 0 Å². The Labute approximate surface area is 148 Å². The fourth-order valence-corrected chi connectivity index (χ4v) is 3.28. The second-order valence-electron chi connectivity index (χ2n) is 6.93. The van der Waals surface area contributed by atoms with Gasteiger partial charge in [-0.25, -0.2) is 4.79 Å². The number of ether oxygens (including phenoxy) is 1. The van der Waals surface area contributed by atoms with Crippen molar-refractivity contribution in [1.82, 2.24) is 0 Å². The molecule has 0 spiro atoms. The Kier molecular flexibility index (Phi) is 4.26. The van der Waals surface area contributed by atoms with E-state index in [4.69, 9.17) is 4.74 Å². The number of esters is 1. The van der Waals surface area contributed by atoms with Crippen LogP contribution in [0.1, 0.15) is 31.4 Å². The molecule has 0 bridgehead atoms. The van der Waals surface area contributed by atoms with Crippen LogP contribution in [0, 0.1) is 11.8 Å². The predicted molar refractivity (Wildman–Crippen MR) is 98.4 cm³/mol. The maximum atomic E-state index is 12.5. The SMILES string of the molecule is CC1CC1COC(=O)C1=NN(c2ccccc2)C(c2ccccc2)C1. The number of nitrogens with zero attached hydrogens (tertiary/aromatic N) is 2. The Hall–Kier alpha value is -2.62. The van der Waals surface area contributed by atoms with Crippen LogP contribution in [-0.4, -0.2) is 18.3 Å². The molecule has 0 saturated heterocycles. The highest BCUT2D eigenvalue weighted by Gasteiger charge is 2.36. The molecule has 128 valence electrons. The molecule has 0 aromatic heterocycles. The highest BCUT2D eigenvalue weighted by atomic mass is 16.5. The number of hydrogen-bond donors (Lipinski definition) is 0. The number of rotatable bonds is 5. The zero-order valence-electron chi connectivity index (χ0n) is 14.3. The van der Waals surface area contributed by atoms with Crippen molar-refractivity contribution in [3.63, 3.8) is 0 Å². The van der Waals surface area contributed by atoms with Crippen LogP contribution < -0.4 is 5.01 Å².